The molecule has 13 heteroatoms. The number of rotatable bonds is 5. The number of carboxylic acids is 1. The zero-order valence-corrected chi connectivity index (χ0v) is 23.2. The lowest BCUT2D eigenvalue weighted by molar-refractivity contribution is -0.192. The molecule has 0 spiro atoms. The van der Waals surface area contributed by atoms with Crippen molar-refractivity contribution < 1.29 is 32.6 Å². The van der Waals surface area contributed by atoms with Gasteiger partial charge in [-0.25, -0.2) is 9.78 Å². The molecule has 0 atom stereocenters. The number of nitrogens with zero attached hydrogens (tertiary/aromatic N) is 4. The van der Waals surface area contributed by atoms with E-state index in [0.717, 1.165) is 61.7 Å². The molecule has 1 aliphatic heterocycles. The Balaban J connectivity index is 0.000000472. The van der Waals surface area contributed by atoms with Gasteiger partial charge in [0.1, 0.15) is 11.4 Å². The number of nitrogens with one attached hydrogen (secondary N) is 2. The number of hydrogen-bond donors (Lipinski definition) is 3. The molecule has 3 aromatic heterocycles. The minimum absolute atomic E-state index is 0.0853. The Kier molecular flexibility index (Phi) is 8.71. The van der Waals surface area contributed by atoms with Crippen LogP contribution in [0.5, 0.6) is 0 Å². The Labute approximate surface area is 245 Å². The number of hydrogen-bond acceptors (Lipinski definition) is 7. The number of halogens is 3. The van der Waals surface area contributed by atoms with E-state index in [1.165, 1.54) is 11.1 Å². The second-order valence-corrected chi connectivity index (χ2v) is 10.2. The molecule has 3 N–H and O–H groups in total. The number of ether oxygens (including phenoxy) is 1. The fourth-order valence-electron chi connectivity index (χ4n) is 5.04. The molecule has 1 aromatic carbocycles. The van der Waals surface area contributed by atoms with Gasteiger partial charge >= 0.3 is 12.1 Å². The molecule has 0 saturated carbocycles. The first kappa shape index (κ1) is 29.7. The summed E-state index contributed by atoms with van der Waals surface area (Å²) in [6.45, 7) is 5.04. The number of aromatic nitrogens is 4. The molecule has 4 heterocycles. The summed E-state index contributed by atoms with van der Waals surface area (Å²) in [5.41, 5.74) is 7.49. The number of imidazole rings is 1. The van der Waals surface area contributed by atoms with Crippen molar-refractivity contribution in [1.82, 2.24) is 25.3 Å². The van der Waals surface area contributed by atoms with E-state index in [-0.39, 0.29) is 11.9 Å². The highest BCUT2D eigenvalue weighted by molar-refractivity contribution is 5.94. The molecule has 1 amide bonds. The Morgan fingerprint density at radius 2 is 1.72 bits per heavy atom. The molecule has 43 heavy (non-hydrogen) atoms. The van der Waals surface area contributed by atoms with Crippen LogP contribution in [0.2, 0.25) is 0 Å². The lowest BCUT2D eigenvalue weighted by atomic mass is 10.1. The molecule has 2 aliphatic rings. The summed E-state index contributed by atoms with van der Waals surface area (Å²) in [5.74, 6) is -2.34. The third kappa shape index (κ3) is 7.17. The van der Waals surface area contributed by atoms with Gasteiger partial charge in [0.05, 0.1) is 25.1 Å². The lowest BCUT2D eigenvalue weighted by Gasteiger charge is -2.28. The average molecular weight is 595 g/mol. The van der Waals surface area contributed by atoms with Crippen molar-refractivity contribution in [3.05, 3.63) is 83.6 Å². The molecule has 0 bridgehead atoms. The highest BCUT2D eigenvalue weighted by Crippen LogP contribution is 2.27. The van der Waals surface area contributed by atoms with Gasteiger partial charge in [-0.2, -0.15) is 13.2 Å². The topological polar surface area (TPSA) is 133 Å². The van der Waals surface area contributed by atoms with Crippen LogP contribution in [-0.2, 0) is 22.4 Å². The number of aryl methyl sites for hydroxylation is 1. The van der Waals surface area contributed by atoms with Crippen LogP contribution in [0.3, 0.4) is 0 Å². The van der Waals surface area contributed by atoms with Gasteiger partial charge in [0.15, 0.2) is 5.82 Å². The highest BCUT2D eigenvalue weighted by atomic mass is 19.4. The second-order valence-electron chi connectivity index (χ2n) is 10.2. The van der Waals surface area contributed by atoms with Crippen molar-refractivity contribution in [2.45, 2.75) is 32.0 Å². The van der Waals surface area contributed by atoms with Crippen LogP contribution < -0.4 is 10.2 Å². The average Bonchev–Trinajstić information content (AvgIpc) is 3.60. The second kappa shape index (κ2) is 12.6. The van der Waals surface area contributed by atoms with Crippen molar-refractivity contribution in [2.24, 2.45) is 0 Å². The van der Waals surface area contributed by atoms with E-state index in [1.54, 1.807) is 6.20 Å². The van der Waals surface area contributed by atoms with E-state index in [0.29, 0.717) is 17.2 Å². The summed E-state index contributed by atoms with van der Waals surface area (Å²) >= 11 is 0. The van der Waals surface area contributed by atoms with Crippen LogP contribution in [0.25, 0.3) is 22.6 Å². The Bertz CT molecular complexity index is 1590. The number of pyridine rings is 2. The quantitative estimate of drug-likeness (QED) is 0.313. The fraction of sp³-hybridized carbons (Fsp3) is 0.300. The summed E-state index contributed by atoms with van der Waals surface area (Å²) in [4.78, 5) is 41.1. The van der Waals surface area contributed by atoms with E-state index in [9.17, 15) is 18.0 Å². The molecule has 1 aliphatic carbocycles. The van der Waals surface area contributed by atoms with Gasteiger partial charge in [-0.1, -0.05) is 24.3 Å². The smallest absolute Gasteiger partial charge is 0.475 e. The van der Waals surface area contributed by atoms with Gasteiger partial charge < -0.3 is 25.0 Å². The first-order valence-electron chi connectivity index (χ1n) is 13.6. The number of benzene rings is 1. The number of anilines is 1. The maximum absolute atomic E-state index is 13.1. The van der Waals surface area contributed by atoms with Crippen molar-refractivity contribution in [2.75, 3.05) is 31.2 Å². The van der Waals surface area contributed by atoms with Crippen molar-refractivity contribution in [3.63, 3.8) is 0 Å². The summed E-state index contributed by atoms with van der Waals surface area (Å²) < 4.78 is 37.2. The third-order valence-electron chi connectivity index (χ3n) is 7.16. The van der Waals surface area contributed by atoms with E-state index in [4.69, 9.17) is 14.6 Å². The number of aliphatic carboxylic acids is 1. The van der Waals surface area contributed by atoms with Crippen LogP contribution in [0, 0.1) is 6.92 Å². The van der Waals surface area contributed by atoms with E-state index in [2.05, 4.69) is 48.4 Å². The molecule has 1 fully saturated rings. The zero-order valence-electron chi connectivity index (χ0n) is 23.2. The van der Waals surface area contributed by atoms with E-state index in [1.807, 2.05) is 43.6 Å². The van der Waals surface area contributed by atoms with Gasteiger partial charge in [0, 0.05) is 42.8 Å². The molecule has 224 valence electrons. The maximum atomic E-state index is 13.1. The Morgan fingerprint density at radius 3 is 2.37 bits per heavy atom. The number of morpholine rings is 1. The normalized spacial score (nSPS) is 14.9. The molecule has 1 saturated heterocycles. The Hall–Kier alpha value is -4.78. The summed E-state index contributed by atoms with van der Waals surface area (Å²) in [6, 6.07) is 14.5. The molecular weight excluding hydrogens is 565 g/mol. The van der Waals surface area contributed by atoms with Gasteiger partial charge in [-0.3, -0.25) is 14.8 Å². The SMILES string of the molecule is Cc1[nH]c(-c2cc(-c3cncc(N4CCOCC4)c3)ccn2)nc1C(=O)NC1Cc2ccccc2C1.O=C(O)C(F)(F)F. The van der Waals surface area contributed by atoms with Gasteiger partial charge in [-0.05, 0) is 54.7 Å². The number of alkyl halides is 3. The number of carbonyl (C=O) groups excluding carboxylic acids is 1. The summed E-state index contributed by atoms with van der Waals surface area (Å²) in [6.07, 6.45) is 2.12. The van der Waals surface area contributed by atoms with E-state index >= 15 is 0 Å². The maximum Gasteiger partial charge on any atom is 0.490 e. The standard InChI is InChI=1S/C28H28N6O2.C2HF3O2/c1-18-26(28(35)32-23-12-19-4-2-3-5-20(19)13-23)33-27(31-18)25-15-21(6-7-30-25)22-14-24(17-29-16-22)34-8-10-36-11-9-34;3-2(4,5)1(6)7/h2-7,14-17,23H,8-13H2,1H3,(H,31,33)(H,32,35);(H,6,7). The molecule has 4 aromatic rings. The number of H-pyrrole nitrogens is 1. The monoisotopic (exact) mass is 594 g/mol. The highest BCUT2D eigenvalue weighted by Gasteiger charge is 2.38. The fourth-order valence-corrected chi connectivity index (χ4v) is 5.04. The van der Waals surface area contributed by atoms with Gasteiger partial charge in [0.2, 0.25) is 0 Å². The van der Waals surface area contributed by atoms with Gasteiger partial charge in [0.25, 0.3) is 5.91 Å². The molecule has 6 rings (SSSR count). The first-order valence-corrected chi connectivity index (χ1v) is 13.6. The van der Waals surface area contributed by atoms with Crippen LogP contribution in [-0.4, -0.2) is 75.4 Å². The number of amides is 1. The van der Waals surface area contributed by atoms with Crippen molar-refractivity contribution in [1.29, 1.82) is 0 Å². The molecular formula is C30H29F3N6O4. The summed E-state index contributed by atoms with van der Waals surface area (Å²) in [5, 5.41) is 10.3. The van der Waals surface area contributed by atoms with Crippen molar-refractivity contribution >= 4 is 17.6 Å². The third-order valence-corrected chi connectivity index (χ3v) is 7.16. The minimum Gasteiger partial charge on any atom is -0.475 e. The van der Waals surface area contributed by atoms with Crippen LogP contribution in [0.1, 0.15) is 27.3 Å². The zero-order chi connectivity index (χ0) is 30.6. The first-order chi connectivity index (χ1) is 20.6. The van der Waals surface area contributed by atoms with E-state index < -0.39 is 12.1 Å². The van der Waals surface area contributed by atoms with Crippen LogP contribution in [0.15, 0.2) is 61.1 Å². The number of carboxylic acid groups (broad SMARTS) is 1. The molecule has 10 nitrogen and oxygen atoms in total. The van der Waals surface area contributed by atoms with Gasteiger partial charge in [-0.15, -0.1) is 0 Å². The largest absolute Gasteiger partial charge is 0.490 e. The number of fused-ring (bicyclic) bond motifs is 1. The lowest BCUT2D eigenvalue weighted by Crippen LogP contribution is -2.36. The molecule has 0 radical (unpaired) electrons. The molecule has 0 unspecified atom stereocenters. The minimum atomic E-state index is -5.08. The predicted octanol–water partition coefficient (Wildman–Crippen LogP) is 4.21. The van der Waals surface area contributed by atoms with Crippen LogP contribution >= 0.6 is 0 Å². The Morgan fingerprint density at radius 1 is 1.05 bits per heavy atom. The van der Waals surface area contributed by atoms with Crippen LogP contribution in [0.4, 0.5) is 18.9 Å². The predicted molar refractivity (Wildman–Crippen MR) is 152 cm³/mol. The number of carbonyl (C=O) groups is 2. The summed E-state index contributed by atoms with van der Waals surface area (Å²) in [7, 11) is 0. The van der Waals surface area contributed by atoms with Crippen molar-refractivity contribution in [3.8, 4) is 22.6 Å². The number of aromatic amines is 1.